The molecule has 0 spiro atoms. The van der Waals surface area contributed by atoms with E-state index in [1.165, 1.54) is 0 Å². The Morgan fingerprint density at radius 3 is 2.12 bits per heavy atom. The lowest BCUT2D eigenvalue weighted by Crippen LogP contribution is -2.33. The summed E-state index contributed by atoms with van der Waals surface area (Å²) in [6, 6.07) is -0.537. The Morgan fingerprint density at radius 2 is 1.67 bits per heavy atom. The molecule has 1 atom stereocenters. The van der Waals surface area contributed by atoms with Gasteiger partial charge in [-0.1, -0.05) is 6.58 Å². The van der Waals surface area contributed by atoms with Crippen molar-refractivity contribution in [2.45, 2.75) is 12.5 Å². The average Bonchev–Trinajstić information content (AvgIpc) is 2.58. The molecule has 0 aliphatic heterocycles. The number of hydrogen-bond acceptors (Lipinski definition) is 8. The van der Waals surface area contributed by atoms with Crippen molar-refractivity contribution < 1.29 is 33.6 Å². The number of methoxy groups -OCH3 is 1. The van der Waals surface area contributed by atoms with Crippen LogP contribution in [-0.4, -0.2) is 81.8 Å². The minimum absolute atomic E-state index is 0.226. The third-order valence-electron chi connectivity index (χ3n) is 2.39. The minimum atomic E-state index is -0.981. The number of esters is 1. The summed E-state index contributed by atoms with van der Waals surface area (Å²) in [4.78, 5) is 20.7. The number of rotatable bonds is 14. The van der Waals surface area contributed by atoms with Gasteiger partial charge in [-0.25, -0.2) is 4.79 Å². The summed E-state index contributed by atoms with van der Waals surface area (Å²) < 4.78 is 20.3. The smallest absolute Gasteiger partial charge is 0.327 e. The second kappa shape index (κ2) is 19.9. The van der Waals surface area contributed by atoms with Crippen molar-refractivity contribution in [1.82, 2.24) is 0 Å². The lowest BCUT2D eigenvalue weighted by Gasteiger charge is -2.11. The van der Waals surface area contributed by atoms with E-state index in [0.29, 0.717) is 39.5 Å². The normalized spacial score (nSPS) is 11.1. The molecular weight excluding hydrogens is 338 g/mol. The average molecular weight is 367 g/mol. The van der Waals surface area contributed by atoms with Gasteiger partial charge in [-0.15, -0.1) is 0 Å². The fourth-order valence-electron chi connectivity index (χ4n) is 1.14. The predicted octanol–water partition coefficient (Wildman–Crippen LogP) is 0.547. The number of thioether (sulfide) groups is 1. The van der Waals surface area contributed by atoms with Crippen LogP contribution in [0.15, 0.2) is 12.7 Å². The van der Waals surface area contributed by atoms with Gasteiger partial charge in [0.25, 0.3) is 0 Å². The van der Waals surface area contributed by atoms with Crippen LogP contribution in [0.3, 0.4) is 0 Å². The summed E-state index contributed by atoms with van der Waals surface area (Å²) in [5.41, 5.74) is 5.65. The number of aliphatic carboxylic acids is 1. The molecule has 0 unspecified atom stereocenters. The molecule has 0 amide bonds. The van der Waals surface area contributed by atoms with Gasteiger partial charge >= 0.3 is 11.9 Å². The molecule has 8 nitrogen and oxygen atoms in total. The van der Waals surface area contributed by atoms with Crippen molar-refractivity contribution >= 4 is 23.7 Å². The Balaban J connectivity index is 0. The van der Waals surface area contributed by atoms with E-state index in [0.717, 1.165) is 11.8 Å². The van der Waals surface area contributed by atoms with Gasteiger partial charge in [0.1, 0.15) is 12.6 Å². The van der Waals surface area contributed by atoms with Crippen LogP contribution >= 0.6 is 11.8 Å². The van der Waals surface area contributed by atoms with E-state index in [-0.39, 0.29) is 12.6 Å². The molecule has 0 aliphatic rings. The topological polar surface area (TPSA) is 117 Å². The van der Waals surface area contributed by atoms with E-state index >= 15 is 0 Å². The van der Waals surface area contributed by atoms with Crippen molar-refractivity contribution in [3.05, 3.63) is 12.7 Å². The Kier molecular flexibility index (Phi) is 20.8. The second-order valence-corrected chi connectivity index (χ2v) is 5.30. The number of ether oxygens (including phenoxy) is 4. The molecule has 142 valence electrons. The fourth-order valence-corrected chi connectivity index (χ4v) is 1.62. The molecule has 9 heteroatoms. The minimum Gasteiger partial charge on any atom is -0.478 e. The Hall–Kier alpha value is -1.13. The van der Waals surface area contributed by atoms with Crippen LogP contribution in [0.1, 0.15) is 6.42 Å². The van der Waals surface area contributed by atoms with Gasteiger partial charge < -0.3 is 29.8 Å². The summed E-state index contributed by atoms with van der Waals surface area (Å²) in [5, 5.41) is 7.60. The Morgan fingerprint density at radius 1 is 1.17 bits per heavy atom. The van der Waals surface area contributed by atoms with Gasteiger partial charge in [0.15, 0.2) is 0 Å². The predicted molar refractivity (Wildman–Crippen MR) is 93.3 cm³/mol. The molecular formula is C15H29NO7S. The molecule has 0 aromatic carbocycles. The SMILES string of the molecule is C=CC(=O)O.COCCOCCOCCOC(=O)[C@@H](N)CCSC. The maximum absolute atomic E-state index is 11.4. The maximum Gasteiger partial charge on any atom is 0.327 e. The van der Waals surface area contributed by atoms with Gasteiger partial charge in [-0.05, 0) is 18.4 Å². The summed E-state index contributed by atoms with van der Waals surface area (Å²) in [6.07, 6.45) is 3.44. The van der Waals surface area contributed by atoms with Crippen LogP contribution in [-0.2, 0) is 28.5 Å². The van der Waals surface area contributed by atoms with Crippen LogP contribution in [0.2, 0.25) is 0 Å². The number of carboxylic acids is 1. The molecule has 3 N–H and O–H groups in total. The van der Waals surface area contributed by atoms with E-state index in [1.807, 2.05) is 6.26 Å². The first kappa shape index (κ1) is 25.1. The number of carbonyl (C=O) groups excluding carboxylic acids is 1. The number of hydrogen-bond donors (Lipinski definition) is 2. The lowest BCUT2D eigenvalue weighted by atomic mass is 10.2. The van der Waals surface area contributed by atoms with Crippen LogP contribution in [0, 0.1) is 0 Å². The van der Waals surface area contributed by atoms with Crippen molar-refractivity contribution in [3.63, 3.8) is 0 Å². The monoisotopic (exact) mass is 367 g/mol. The number of carbonyl (C=O) groups is 2. The zero-order valence-electron chi connectivity index (χ0n) is 14.4. The molecule has 24 heavy (non-hydrogen) atoms. The highest BCUT2D eigenvalue weighted by atomic mass is 32.2. The maximum atomic E-state index is 11.4. The van der Waals surface area contributed by atoms with Gasteiger partial charge in [-0.3, -0.25) is 4.79 Å². The van der Waals surface area contributed by atoms with E-state index in [1.54, 1.807) is 18.9 Å². The highest BCUT2D eigenvalue weighted by Crippen LogP contribution is 2.00. The number of nitrogens with two attached hydrogens (primary N) is 1. The lowest BCUT2D eigenvalue weighted by molar-refractivity contribution is -0.147. The third-order valence-corrected chi connectivity index (χ3v) is 3.03. The van der Waals surface area contributed by atoms with Gasteiger partial charge in [0.05, 0.1) is 33.0 Å². The second-order valence-electron chi connectivity index (χ2n) is 4.32. The third kappa shape index (κ3) is 20.9. The molecule has 0 radical (unpaired) electrons. The molecule has 0 saturated carbocycles. The van der Waals surface area contributed by atoms with Gasteiger partial charge in [0.2, 0.25) is 0 Å². The van der Waals surface area contributed by atoms with Crippen molar-refractivity contribution in [2.75, 3.05) is 58.8 Å². The van der Waals surface area contributed by atoms with Crippen LogP contribution < -0.4 is 5.73 Å². The molecule has 0 rings (SSSR count). The summed E-state index contributed by atoms with van der Waals surface area (Å²) in [5.74, 6) is -0.495. The first-order chi connectivity index (χ1) is 11.5. The fraction of sp³-hybridized carbons (Fsp3) is 0.733. The summed E-state index contributed by atoms with van der Waals surface area (Å²) >= 11 is 1.66. The van der Waals surface area contributed by atoms with Crippen LogP contribution in [0.4, 0.5) is 0 Å². The zero-order chi connectivity index (χ0) is 18.6. The van der Waals surface area contributed by atoms with Gasteiger partial charge in [-0.2, -0.15) is 11.8 Å². The number of carboxylic acid groups (broad SMARTS) is 1. The van der Waals surface area contributed by atoms with E-state index in [9.17, 15) is 9.59 Å². The molecule has 0 bridgehead atoms. The first-order valence-electron chi connectivity index (χ1n) is 7.40. The highest BCUT2D eigenvalue weighted by Gasteiger charge is 2.13. The van der Waals surface area contributed by atoms with E-state index in [2.05, 4.69) is 6.58 Å². The molecule has 0 aromatic rings. The quantitative estimate of drug-likeness (QED) is 0.258. The largest absolute Gasteiger partial charge is 0.478 e. The highest BCUT2D eigenvalue weighted by molar-refractivity contribution is 7.98. The molecule has 0 aliphatic carbocycles. The van der Waals surface area contributed by atoms with Crippen molar-refractivity contribution in [3.8, 4) is 0 Å². The van der Waals surface area contributed by atoms with E-state index in [4.69, 9.17) is 29.8 Å². The Labute approximate surface area is 147 Å². The van der Waals surface area contributed by atoms with Crippen molar-refractivity contribution in [2.24, 2.45) is 5.73 Å². The molecule has 0 heterocycles. The van der Waals surface area contributed by atoms with E-state index < -0.39 is 12.0 Å². The van der Waals surface area contributed by atoms with Crippen molar-refractivity contribution in [1.29, 1.82) is 0 Å². The zero-order valence-corrected chi connectivity index (χ0v) is 15.2. The molecule has 0 saturated heterocycles. The summed E-state index contributed by atoms with van der Waals surface area (Å²) in [6.45, 7) is 5.65. The van der Waals surface area contributed by atoms with Gasteiger partial charge in [0, 0.05) is 13.2 Å². The summed E-state index contributed by atoms with van der Waals surface area (Å²) in [7, 11) is 1.62. The first-order valence-corrected chi connectivity index (χ1v) is 8.79. The standard InChI is InChI=1S/C12H25NO5S.C3H4O2/c1-15-4-5-16-6-7-17-8-9-18-12(14)11(13)3-10-19-2;1-2-3(4)5/h11H,3-10,13H2,1-2H3;2H,1H2,(H,4,5)/t11-;/m0./s1. The molecule has 0 fully saturated rings. The van der Waals surface area contributed by atoms with Crippen LogP contribution in [0.25, 0.3) is 0 Å². The Bertz CT molecular complexity index is 329. The molecule has 0 aromatic heterocycles. The van der Waals surface area contributed by atoms with Crippen LogP contribution in [0.5, 0.6) is 0 Å².